The highest BCUT2D eigenvalue weighted by Gasteiger charge is 2.50. The SMILES string of the molecule is CC1(C)CC2CC(C)(CN2C[C@@H]2C[C@H](c3ccc(CO)cc3)O[C@H](c3ccc(-c4cccc(CNC(=O)CCCCCCC(=O)O)c4)cc3)O2)C1. The Labute approximate surface area is 303 Å². The minimum atomic E-state index is -0.768. The Kier molecular flexibility index (Phi) is 12.0. The average molecular weight is 697 g/mol. The van der Waals surface area contributed by atoms with Crippen LogP contribution in [0.15, 0.2) is 72.8 Å². The molecule has 1 aliphatic carbocycles. The van der Waals surface area contributed by atoms with Gasteiger partial charge in [0.2, 0.25) is 5.91 Å². The van der Waals surface area contributed by atoms with Crippen molar-refractivity contribution in [3.8, 4) is 11.1 Å². The number of carboxylic acids is 1. The van der Waals surface area contributed by atoms with Crippen LogP contribution in [0.5, 0.6) is 0 Å². The summed E-state index contributed by atoms with van der Waals surface area (Å²) < 4.78 is 13.4. The summed E-state index contributed by atoms with van der Waals surface area (Å²) in [5.74, 6) is -0.752. The lowest BCUT2D eigenvalue weighted by atomic mass is 9.65. The molecule has 2 bridgehead atoms. The molecule has 6 rings (SSSR count). The van der Waals surface area contributed by atoms with Gasteiger partial charge >= 0.3 is 5.97 Å². The van der Waals surface area contributed by atoms with Crippen LogP contribution in [0.2, 0.25) is 0 Å². The van der Waals surface area contributed by atoms with Crippen LogP contribution >= 0.6 is 0 Å². The van der Waals surface area contributed by atoms with Crippen molar-refractivity contribution in [1.29, 1.82) is 0 Å². The topological polar surface area (TPSA) is 108 Å². The van der Waals surface area contributed by atoms with Gasteiger partial charge in [0.25, 0.3) is 0 Å². The molecule has 0 radical (unpaired) electrons. The third kappa shape index (κ3) is 10.1. The monoisotopic (exact) mass is 696 g/mol. The molecule has 2 heterocycles. The van der Waals surface area contributed by atoms with E-state index in [2.05, 4.69) is 79.5 Å². The van der Waals surface area contributed by atoms with Gasteiger partial charge in [0, 0.05) is 50.5 Å². The summed E-state index contributed by atoms with van der Waals surface area (Å²) in [6, 6.07) is 25.4. The second-order valence-corrected chi connectivity index (χ2v) is 16.4. The maximum Gasteiger partial charge on any atom is 0.303 e. The number of carbonyl (C=O) groups is 2. The van der Waals surface area contributed by atoms with E-state index in [-0.39, 0.29) is 31.1 Å². The molecule has 51 heavy (non-hydrogen) atoms. The first-order valence-corrected chi connectivity index (χ1v) is 18.9. The molecule has 0 aromatic heterocycles. The lowest BCUT2D eigenvalue weighted by molar-refractivity contribution is -0.253. The Bertz CT molecular complexity index is 1620. The number of carboxylic acid groups (broad SMARTS) is 1. The minimum absolute atomic E-state index is 0.0160. The summed E-state index contributed by atoms with van der Waals surface area (Å²) in [5.41, 5.74) is 6.90. The molecule has 3 fully saturated rings. The zero-order valence-corrected chi connectivity index (χ0v) is 30.6. The molecule has 1 amide bonds. The van der Waals surface area contributed by atoms with E-state index in [4.69, 9.17) is 14.6 Å². The van der Waals surface area contributed by atoms with E-state index in [1.807, 2.05) is 24.3 Å². The largest absolute Gasteiger partial charge is 0.481 e. The van der Waals surface area contributed by atoms with Gasteiger partial charge in [-0.15, -0.1) is 0 Å². The van der Waals surface area contributed by atoms with Gasteiger partial charge in [-0.1, -0.05) is 100 Å². The molecule has 3 aromatic carbocycles. The molecule has 3 aromatic rings. The van der Waals surface area contributed by atoms with Gasteiger partial charge in [0.1, 0.15) is 0 Å². The Balaban J connectivity index is 1.09. The molecular weight excluding hydrogens is 640 g/mol. The number of nitrogens with zero attached hydrogens (tertiary/aromatic N) is 1. The van der Waals surface area contributed by atoms with Crippen LogP contribution in [0.3, 0.4) is 0 Å². The normalized spacial score (nSPS) is 25.8. The Morgan fingerprint density at radius 1 is 0.843 bits per heavy atom. The Morgan fingerprint density at radius 3 is 2.29 bits per heavy atom. The summed E-state index contributed by atoms with van der Waals surface area (Å²) in [4.78, 5) is 25.8. The van der Waals surface area contributed by atoms with E-state index in [1.54, 1.807) is 0 Å². The number of ether oxygens (including phenoxy) is 2. The highest BCUT2D eigenvalue weighted by atomic mass is 16.7. The fourth-order valence-corrected chi connectivity index (χ4v) is 8.98. The molecule has 0 spiro atoms. The maximum atomic E-state index is 12.4. The molecule has 274 valence electrons. The van der Waals surface area contributed by atoms with Gasteiger partial charge in [-0.05, 0) is 76.8 Å². The summed E-state index contributed by atoms with van der Waals surface area (Å²) in [7, 11) is 0. The lowest BCUT2D eigenvalue weighted by Crippen LogP contribution is -2.42. The third-order valence-corrected chi connectivity index (χ3v) is 11.1. The van der Waals surface area contributed by atoms with Crippen molar-refractivity contribution < 1.29 is 29.3 Å². The van der Waals surface area contributed by atoms with Crippen LogP contribution in [0.25, 0.3) is 11.1 Å². The number of hydrogen-bond acceptors (Lipinski definition) is 6. The van der Waals surface area contributed by atoms with Crippen LogP contribution in [0, 0.1) is 10.8 Å². The number of aliphatic hydroxyl groups excluding tert-OH is 1. The summed E-state index contributed by atoms with van der Waals surface area (Å²) in [5, 5.41) is 21.4. The van der Waals surface area contributed by atoms with Crippen molar-refractivity contribution in [2.24, 2.45) is 10.8 Å². The van der Waals surface area contributed by atoms with Gasteiger partial charge in [0.05, 0.1) is 18.8 Å². The molecule has 2 saturated heterocycles. The lowest BCUT2D eigenvalue weighted by Gasteiger charge is -2.41. The summed E-state index contributed by atoms with van der Waals surface area (Å²) >= 11 is 0. The summed E-state index contributed by atoms with van der Waals surface area (Å²) in [6.07, 6.45) is 7.72. The van der Waals surface area contributed by atoms with Crippen molar-refractivity contribution in [3.05, 3.63) is 95.1 Å². The number of fused-ring (bicyclic) bond motifs is 2. The van der Waals surface area contributed by atoms with Crippen LogP contribution in [0.4, 0.5) is 0 Å². The highest BCUT2D eigenvalue weighted by Crippen LogP contribution is 2.53. The number of likely N-dealkylation sites (tertiary alicyclic amines) is 1. The molecule has 2 unspecified atom stereocenters. The van der Waals surface area contributed by atoms with Crippen molar-refractivity contribution in [2.45, 2.75) is 123 Å². The van der Waals surface area contributed by atoms with E-state index >= 15 is 0 Å². The van der Waals surface area contributed by atoms with Crippen LogP contribution in [0.1, 0.15) is 120 Å². The van der Waals surface area contributed by atoms with Crippen LogP contribution in [-0.2, 0) is 32.2 Å². The number of amides is 1. The van der Waals surface area contributed by atoms with Crippen LogP contribution in [-0.4, -0.2) is 52.2 Å². The number of nitrogens with one attached hydrogen (secondary N) is 1. The number of benzene rings is 3. The van der Waals surface area contributed by atoms with Gasteiger partial charge in [-0.25, -0.2) is 0 Å². The average Bonchev–Trinajstić information content (AvgIpc) is 3.35. The quantitative estimate of drug-likeness (QED) is 0.137. The first-order chi connectivity index (χ1) is 24.5. The van der Waals surface area contributed by atoms with E-state index in [9.17, 15) is 14.7 Å². The molecule has 1 saturated carbocycles. The smallest absolute Gasteiger partial charge is 0.303 e. The zero-order valence-electron chi connectivity index (χ0n) is 30.6. The maximum absolute atomic E-state index is 12.4. The number of carbonyl (C=O) groups excluding carboxylic acids is 1. The Morgan fingerprint density at radius 2 is 1.57 bits per heavy atom. The molecule has 5 atom stereocenters. The fraction of sp³-hybridized carbons (Fsp3) is 0.535. The highest BCUT2D eigenvalue weighted by molar-refractivity contribution is 5.76. The second kappa shape index (κ2) is 16.4. The zero-order chi connectivity index (χ0) is 36.0. The van der Waals surface area contributed by atoms with Crippen molar-refractivity contribution in [2.75, 3.05) is 13.1 Å². The van der Waals surface area contributed by atoms with Gasteiger partial charge in [-0.2, -0.15) is 0 Å². The third-order valence-electron chi connectivity index (χ3n) is 11.1. The van der Waals surface area contributed by atoms with E-state index < -0.39 is 12.3 Å². The van der Waals surface area contributed by atoms with Crippen molar-refractivity contribution >= 4 is 11.9 Å². The van der Waals surface area contributed by atoms with E-state index in [1.165, 1.54) is 19.3 Å². The molecule has 3 aliphatic rings. The number of hydrogen-bond donors (Lipinski definition) is 3. The Hall–Kier alpha value is -3.56. The first kappa shape index (κ1) is 37.2. The van der Waals surface area contributed by atoms with Gasteiger partial charge in [0.15, 0.2) is 6.29 Å². The van der Waals surface area contributed by atoms with E-state index in [0.29, 0.717) is 36.3 Å². The number of aliphatic carboxylic acids is 1. The predicted octanol–water partition coefficient (Wildman–Crippen LogP) is 8.33. The van der Waals surface area contributed by atoms with Gasteiger partial charge in [-0.3, -0.25) is 14.5 Å². The predicted molar refractivity (Wildman–Crippen MR) is 199 cm³/mol. The van der Waals surface area contributed by atoms with Crippen LogP contribution < -0.4 is 5.32 Å². The first-order valence-electron chi connectivity index (χ1n) is 18.9. The van der Waals surface area contributed by atoms with Crippen molar-refractivity contribution in [1.82, 2.24) is 10.2 Å². The number of aliphatic hydroxyl groups is 1. The molecule has 2 aliphatic heterocycles. The van der Waals surface area contributed by atoms with Crippen molar-refractivity contribution in [3.63, 3.8) is 0 Å². The summed E-state index contributed by atoms with van der Waals surface area (Å²) in [6.45, 7) is 9.81. The minimum Gasteiger partial charge on any atom is -0.481 e. The molecule has 3 N–H and O–H groups in total. The second-order valence-electron chi connectivity index (χ2n) is 16.4. The van der Waals surface area contributed by atoms with Gasteiger partial charge < -0.3 is 25.0 Å². The molecular formula is C43H56N2O6. The number of unbranched alkanes of at least 4 members (excludes halogenated alkanes) is 3. The standard InChI is InChI=1S/C43H56N2O6/c1-42(2)23-36-24-43(3,28-42)29-45(36)26-37-22-38(33-15-13-30(27-46)14-16-33)51-41(50-37)34-19-17-32(18-20-34)35-10-8-9-31(21-35)25-44-39(47)11-6-4-5-7-12-40(48)49/h8-10,13-21,36-38,41,46H,4-7,11-12,22-29H2,1-3H3,(H,44,47)(H,48,49)/t36?,37-,38+,41+,43?/m0/s1. The fourth-order valence-electron chi connectivity index (χ4n) is 8.98. The molecule has 8 heteroatoms. The van der Waals surface area contributed by atoms with E-state index in [0.717, 1.165) is 72.2 Å². The number of rotatable bonds is 15. The molecule has 8 nitrogen and oxygen atoms in total.